The highest BCUT2D eigenvalue weighted by Crippen LogP contribution is 2.52. The van der Waals surface area contributed by atoms with E-state index in [4.69, 9.17) is 9.47 Å². The minimum atomic E-state index is -0.594. The van der Waals surface area contributed by atoms with Crippen LogP contribution in [0.3, 0.4) is 0 Å². The molecule has 1 saturated carbocycles. The van der Waals surface area contributed by atoms with E-state index in [1.807, 2.05) is 25.1 Å². The van der Waals surface area contributed by atoms with E-state index in [1.165, 1.54) is 7.11 Å². The number of aliphatic hydroxyl groups excluding tert-OH is 2. The topological polar surface area (TPSA) is 76.0 Å². The van der Waals surface area contributed by atoms with Crippen LogP contribution >= 0.6 is 0 Å². The summed E-state index contributed by atoms with van der Waals surface area (Å²) in [5, 5.41) is 21.1. The molecule has 0 spiro atoms. The molecule has 2 N–H and O–H groups in total. The Morgan fingerprint density at radius 2 is 2.23 bits per heavy atom. The van der Waals surface area contributed by atoms with Crippen molar-refractivity contribution in [1.29, 1.82) is 0 Å². The molecule has 1 aliphatic heterocycles. The maximum absolute atomic E-state index is 11.4. The van der Waals surface area contributed by atoms with Gasteiger partial charge in [-0.2, -0.15) is 0 Å². The second kappa shape index (κ2) is 10.1. The van der Waals surface area contributed by atoms with Gasteiger partial charge in [-0.1, -0.05) is 37.3 Å². The largest absolute Gasteiger partial charge is 0.489 e. The minimum Gasteiger partial charge on any atom is -0.489 e. The van der Waals surface area contributed by atoms with Gasteiger partial charge in [0.1, 0.15) is 11.9 Å². The first kappa shape index (κ1) is 22.4. The summed E-state index contributed by atoms with van der Waals surface area (Å²) in [4.78, 5) is 11.4. The number of fused-ring (bicyclic) bond motifs is 3. The molecule has 6 atom stereocenters. The molecule has 5 nitrogen and oxygen atoms in total. The molecule has 1 aliphatic carbocycles. The summed E-state index contributed by atoms with van der Waals surface area (Å²) in [6.45, 7) is 3.77. The monoisotopic (exact) mass is 412 g/mol. The maximum Gasteiger partial charge on any atom is 0.305 e. The second-order valence-corrected chi connectivity index (χ2v) is 8.31. The van der Waals surface area contributed by atoms with E-state index >= 15 is 0 Å². The third kappa shape index (κ3) is 4.88. The van der Waals surface area contributed by atoms with Crippen LogP contribution in [0.1, 0.15) is 56.6 Å². The van der Waals surface area contributed by atoms with Crippen molar-refractivity contribution in [3.8, 4) is 17.6 Å². The van der Waals surface area contributed by atoms with E-state index in [-0.39, 0.29) is 29.8 Å². The van der Waals surface area contributed by atoms with Gasteiger partial charge in [0.15, 0.2) is 0 Å². The zero-order valence-electron chi connectivity index (χ0n) is 18.0. The fourth-order valence-electron chi connectivity index (χ4n) is 4.51. The number of esters is 1. The van der Waals surface area contributed by atoms with E-state index in [1.54, 1.807) is 13.0 Å². The number of hydrogen-bond donors (Lipinski definition) is 2. The zero-order chi connectivity index (χ0) is 21.7. The Morgan fingerprint density at radius 1 is 1.43 bits per heavy atom. The fourth-order valence-corrected chi connectivity index (χ4v) is 4.51. The quantitative estimate of drug-likeness (QED) is 0.389. The van der Waals surface area contributed by atoms with E-state index < -0.39 is 12.2 Å². The molecule has 0 radical (unpaired) electrons. The summed E-state index contributed by atoms with van der Waals surface area (Å²) in [6, 6.07) is 6.13. The summed E-state index contributed by atoms with van der Waals surface area (Å²) >= 11 is 0. The number of ether oxygens (including phenoxy) is 2. The van der Waals surface area contributed by atoms with Gasteiger partial charge in [-0.3, -0.25) is 4.79 Å². The number of methoxy groups -OCH3 is 1. The molecule has 0 amide bonds. The van der Waals surface area contributed by atoms with Gasteiger partial charge in [0.05, 0.1) is 19.3 Å². The summed E-state index contributed by atoms with van der Waals surface area (Å²) in [5.41, 5.74) is 2.20. The zero-order valence-corrected chi connectivity index (χ0v) is 18.0. The lowest BCUT2D eigenvalue weighted by atomic mass is 9.86. The Bertz CT molecular complexity index is 834. The van der Waals surface area contributed by atoms with Gasteiger partial charge < -0.3 is 19.7 Å². The van der Waals surface area contributed by atoms with Gasteiger partial charge in [-0.05, 0) is 31.2 Å². The van der Waals surface area contributed by atoms with Gasteiger partial charge in [-0.25, -0.2) is 0 Å². The van der Waals surface area contributed by atoms with Crippen molar-refractivity contribution < 1.29 is 24.5 Å². The van der Waals surface area contributed by atoms with Crippen LogP contribution in [0, 0.1) is 23.7 Å². The van der Waals surface area contributed by atoms with Crippen molar-refractivity contribution in [3.63, 3.8) is 0 Å². The van der Waals surface area contributed by atoms with E-state index in [9.17, 15) is 15.0 Å². The number of aryl methyl sites for hydroxylation is 1. The lowest BCUT2D eigenvalue weighted by Gasteiger charge is -2.19. The van der Waals surface area contributed by atoms with E-state index in [0.717, 1.165) is 23.3 Å². The SMILES string of the molecule is CC#CCC(C)C(O)/C=C/[C@@H]1[C@H]2c3cccc(CCCC(=O)OC)c3O[C@H]2C[C@H]1O. The van der Waals surface area contributed by atoms with Crippen LogP contribution in [0.25, 0.3) is 0 Å². The predicted octanol–water partition coefficient (Wildman–Crippen LogP) is 3.37. The van der Waals surface area contributed by atoms with Gasteiger partial charge in [0, 0.05) is 36.7 Å². The van der Waals surface area contributed by atoms with Gasteiger partial charge in [-0.15, -0.1) is 11.8 Å². The molecule has 3 rings (SSSR count). The molecule has 2 aliphatic rings. The van der Waals surface area contributed by atoms with E-state index in [2.05, 4.69) is 17.9 Å². The highest BCUT2D eigenvalue weighted by Gasteiger charge is 2.48. The molecule has 1 fully saturated rings. The Morgan fingerprint density at radius 3 is 2.97 bits per heavy atom. The summed E-state index contributed by atoms with van der Waals surface area (Å²) in [5.74, 6) is 6.58. The third-order valence-corrected chi connectivity index (χ3v) is 6.26. The number of aliphatic hydroxyl groups is 2. The average Bonchev–Trinajstić information content (AvgIpc) is 3.25. The molecule has 30 heavy (non-hydrogen) atoms. The summed E-state index contributed by atoms with van der Waals surface area (Å²) in [6.07, 6.45) is 5.66. The van der Waals surface area contributed by atoms with Gasteiger partial charge in [0.2, 0.25) is 0 Å². The lowest BCUT2D eigenvalue weighted by Crippen LogP contribution is -2.19. The molecule has 2 unspecified atom stereocenters. The molecule has 162 valence electrons. The van der Waals surface area contributed by atoms with Crippen LogP contribution in [0.15, 0.2) is 30.4 Å². The molecule has 1 aromatic rings. The smallest absolute Gasteiger partial charge is 0.305 e. The number of para-hydroxylation sites is 1. The van der Waals surface area contributed by atoms with Crippen LogP contribution in [-0.2, 0) is 16.0 Å². The Labute approximate surface area is 179 Å². The van der Waals surface area contributed by atoms with E-state index in [0.29, 0.717) is 25.7 Å². The molecule has 0 bridgehead atoms. The van der Waals surface area contributed by atoms with Crippen molar-refractivity contribution >= 4 is 5.97 Å². The number of rotatable bonds is 8. The maximum atomic E-state index is 11.4. The minimum absolute atomic E-state index is 0.0385. The molecule has 0 saturated heterocycles. The summed E-state index contributed by atoms with van der Waals surface area (Å²) < 4.78 is 11.0. The first-order valence-electron chi connectivity index (χ1n) is 10.8. The van der Waals surface area contributed by atoms with Crippen molar-refractivity contribution in [3.05, 3.63) is 41.5 Å². The molecular formula is C25H32O5. The highest BCUT2D eigenvalue weighted by atomic mass is 16.5. The van der Waals surface area contributed by atoms with Crippen molar-refractivity contribution in [2.24, 2.45) is 11.8 Å². The van der Waals surface area contributed by atoms with Crippen LogP contribution in [0.5, 0.6) is 5.75 Å². The first-order chi connectivity index (χ1) is 14.5. The average molecular weight is 413 g/mol. The molecule has 1 heterocycles. The third-order valence-electron chi connectivity index (χ3n) is 6.26. The highest BCUT2D eigenvalue weighted by molar-refractivity contribution is 5.69. The van der Waals surface area contributed by atoms with Crippen LogP contribution < -0.4 is 4.74 Å². The van der Waals surface area contributed by atoms with Crippen LogP contribution in [0.4, 0.5) is 0 Å². The fraction of sp³-hybridized carbons (Fsp3) is 0.560. The van der Waals surface area contributed by atoms with Gasteiger partial charge in [0.25, 0.3) is 0 Å². The second-order valence-electron chi connectivity index (χ2n) is 8.31. The molecular weight excluding hydrogens is 380 g/mol. The van der Waals surface area contributed by atoms with Gasteiger partial charge >= 0.3 is 5.97 Å². The number of benzene rings is 1. The van der Waals surface area contributed by atoms with Crippen LogP contribution in [-0.4, -0.2) is 41.6 Å². The van der Waals surface area contributed by atoms with Crippen molar-refractivity contribution in [2.75, 3.05) is 7.11 Å². The predicted molar refractivity (Wildman–Crippen MR) is 115 cm³/mol. The normalized spacial score (nSPS) is 26.3. The number of carbonyl (C=O) groups is 1. The Balaban J connectivity index is 1.73. The molecule has 0 aromatic heterocycles. The Kier molecular flexibility index (Phi) is 7.58. The standard InChI is InChI=1S/C25H32O5/c1-4-5-8-16(2)20(26)14-13-18-21(27)15-22-24(18)19-11-6-9-17(25(19)30-22)10-7-12-23(28)29-3/h6,9,11,13-14,16,18,20-22,24,26-27H,7-8,10,12,15H2,1-3H3/b14-13+/t16?,18-,20?,21+,22-,24-/m0/s1. The van der Waals surface area contributed by atoms with Crippen molar-refractivity contribution in [2.45, 2.75) is 70.2 Å². The first-order valence-corrected chi connectivity index (χ1v) is 10.8. The summed E-state index contributed by atoms with van der Waals surface area (Å²) in [7, 11) is 1.40. The lowest BCUT2D eigenvalue weighted by molar-refractivity contribution is -0.140. The Hall–Kier alpha value is -2.29. The van der Waals surface area contributed by atoms with Crippen LogP contribution in [0.2, 0.25) is 0 Å². The number of carbonyl (C=O) groups excluding carboxylic acids is 1. The molecule has 1 aromatic carbocycles. The van der Waals surface area contributed by atoms with Crippen molar-refractivity contribution in [1.82, 2.24) is 0 Å². The number of hydrogen-bond acceptors (Lipinski definition) is 5. The molecule has 5 heteroatoms.